The van der Waals surface area contributed by atoms with E-state index in [0.717, 1.165) is 15.9 Å². The van der Waals surface area contributed by atoms with Crippen LogP contribution in [-0.2, 0) is 6.42 Å². The lowest BCUT2D eigenvalue weighted by molar-refractivity contribution is 1.16. The molecule has 1 aliphatic heterocycles. The van der Waals surface area contributed by atoms with E-state index < -0.39 is 0 Å². The molecule has 1 heterocycles. The summed E-state index contributed by atoms with van der Waals surface area (Å²) < 4.78 is 1.12. The molecule has 0 nitrogen and oxygen atoms in total. The smallest absolute Gasteiger partial charge is 0.0412 e. The van der Waals surface area contributed by atoms with Crippen molar-refractivity contribution in [2.75, 3.05) is 0 Å². The number of benzene rings is 4. The van der Waals surface area contributed by atoms with E-state index in [0.29, 0.717) is 0 Å². The minimum atomic E-state index is 0.794. The molecule has 25 heavy (non-hydrogen) atoms. The molecule has 0 unspecified atom stereocenters. The molecule has 122 valence electrons. The van der Waals surface area contributed by atoms with Crippen molar-refractivity contribution in [2.45, 2.75) is 23.1 Å². The largest absolute Gasteiger partial charge is 0.0887 e. The Morgan fingerprint density at radius 3 is 2.64 bits per heavy atom. The van der Waals surface area contributed by atoms with E-state index in [-0.39, 0.29) is 0 Å². The summed E-state index contributed by atoms with van der Waals surface area (Å²) in [7, 11) is 0. The van der Waals surface area contributed by atoms with Gasteiger partial charge in [0, 0.05) is 24.7 Å². The van der Waals surface area contributed by atoms with E-state index in [2.05, 4.69) is 71.4 Å². The minimum absolute atomic E-state index is 0.794. The lowest BCUT2D eigenvalue weighted by Gasteiger charge is -2.25. The maximum Gasteiger partial charge on any atom is 0.0412 e. The maximum absolute atomic E-state index is 6.33. The van der Waals surface area contributed by atoms with Crippen molar-refractivity contribution in [1.82, 2.24) is 0 Å². The van der Waals surface area contributed by atoms with Crippen LogP contribution in [-0.4, -0.2) is 0 Å². The zero-order valence-corrected chi connectivity index (χ0v) is 16.7. The van der Waals surface area contributed by atoms with E-state index in [4.69, 9.17) is 11.6 Å². The highest BCUT2D eigenvalue weighted by molar-refractivity contribution is 9.10. The SMILES string of the molecule is CCc1c2c3c(cccc3c3cc(Cl)ccc13)Sc1cc(Br)ccc1-2. The summed E-state index contributed by atoms with van der Waals surface area (Å²) in [6, 6.07) is 19.5. The summed E-state index contributed by atoms with van der Waals surface area (Å²) in [5, 5.41) is 6.03. The molecular formula is C22H14BrClS. The molecule has 5 rings (SSSR count). The summed E-state index contributed by atoms with van der Waals surface area (Å²) in [6.45, 7) is 2.24. The third-order valence-corrected chi connectivity index (χ3v) is 6.81. The molecule has 0 amide bonds. The van der Waals surface area contributed by atoms with Gasteiger partial charge in [0.15, 0.2) is 0 Å². The second-order valence-electron chi connectivity index (χ2n) is 6.32. The average Bonchev–Trinajstić information content (AvgIpc) is 2.61. The van der Waals surface area contributed by atoms with Crippen molar-refractivity contribution in [3.8, 4) is 11.1 Å². The summed E-state index contributed by atoms with van der Waals surface area (Å²) >= 11 is 11.8. The van der Waals surface area contributed by atoms with Crippen molar-refractivity contribution in [2.24, 2.45) is 0 Å². The first-order valence-electron chi connectivity index (χ1n) is 8.32. The Kier molecular flexibility index (Phi) is 3.63. The van der Waals surface area contributed by atoms with Crippen LogP contribution in [0.2, 0.25) is 5.02 Å². The van der Waals surface area contributed by atoms with Gasteiger partial charge in [0.1, 0.15) is 0 Å². The van der Waals surface area contributed by atoms with E-state index in [1.165, 1.54) is 48.0 Å². The lowest BCUT2D eigenvalue weighted by atomic mass is 9.86. The van der Waals surface area contributed by atoms with Crippen LogP contribution in [0.15, 0.2) is 68.9 Å². The zero-order valence-electron chi connectivity index (χ0n) is 13.6. The molecule has 0 saturated carbocycles. The van der Waals surface area contributed by atoms with Gasteiger partial charge in [-0.1, -0.05) is 70.5 Å². The van der Waals surface area contributed by atoms with Gasteiger partial charge in [-0.3, -0.25) is 0 Å². The van der Waals surface area contributed by atoms with E-state index in [1.54, 1.807) is 0 Å². The van der Waals surface area contributed by atoms with Gasteiger partial charge in [0.2, 0.25) is 0 Å². The number of hydrogen-bond acceptors (Lipinski definition) is 1. The highest BCUT2D eigenvalue weighted by Crippen LogP contribution is 2.52. The number of rotatable bonds is 1. The number of hydrogen-bond donors (Lipinski definition) is 0. The first kappa shape index (κ1) is 15.7. The Balaban J connectivity index is 2.06. The standard InChI is InChI=1S/C22H14BrClS/c1-2-14-15-9-7-13(24)11-18(15)16-4-3-5-19-22(16)21(14)17-8-6-12(23)10-20(17)25-19/h3-11H,2H2,1H3. The number of halogens is 2. The molecule has 0 aliphatic carbocycles. The van der Waals surface area contributed by atoms with Crippen LogP contribution < -0.4 is 0 Å². The van der Waals surface area contributed by atoms with Crippen LogP contribution in [0.25, 0.3) is 32.7 Å². The topological polar surface area (TPSA) is 0 Å². The highest BCUT2D eigenvalue weighted by Gasteiger charge is 2.24. The fourth-order valence-electron chi connectivity index (χ4n) is 3.96. The molecule has 0 aromatic heterocycles. The first-order valence-corrected chi connectivity index (χ1v) is 10.3. The van der Waals surface area contributed by atoms with Crippen LogP contribution in [0.4, 0.5) is 0 Å². The van der Waals surface area contributed by atoms with Crippen molar-refractivity contribution < 1.29 is 0 Å². The van der Waals surface area contributed by atoms with Crippen LogP contribution in [0, 0.1) is 0 Å². The molecule has 0 atom stereocenters. The molecule has 1 aliphatic rings. The maximum atomic E-state index is 6.33. The molecule has 0 radical (unpaired) electrons. The van der Waals surface area contributed by atoms with Gasteiger partial charge in [0.25, 0.3) is 0 Å². The van der Waals surface area contributed by atoms with Gasteiger partial charge < -0.3 is 0 Å². The van der Waals surface area contributed by atoms with E-state index in [9.17, 15) is 0 Å². The molecule has 0 N–H and O–H groups in total. The number of aryl methyl sites for hydroxylation is 1. The minimum Gasteiger partial charge on any atom is -0.0887 e. The molecule has 0 saturated heterocycles. The molecular weight excluding hydrogens is 412 g/mol. The Morgan fingerprint density at radius 1 is 0.920 bits per heavy atom. The third-order valence-electron chi connectivity index (χ3n) is 4.96. The average molecular weight is 426 g/mol. The van der Waals surface area contributed by atoms with Gasteiger partial charge in [-0.15, -0.1) is 0 Å². The molecule has 0 fully saturated rings. The summed E-state index contributed by atoms with van der Waals surface area (Å²) in [6.07, 6.45) is 0.998. The third kappa shape index (κ3) is 2.28. The Hall–Kier alpha value is -1.48. The van der Waals surface area contributed by atoms with Crippen LogP contribution in [0.5, 0.6) is 0 Å². The fraction of sp³-hybridized carbons (Fsp3) is 0.0909. The second kappa shape index (κ2) is 5.77. The Morgan fingerprint density at radius 2 is 1.80 bits per heavy atom. The first-order chi connectivity index (χ1) is 12.2. The Bertz CT molecular complexity index is 1180. The van der Waals surface area contributed by atoms with E-state index in [1.807, 2.05) is 17.8 Å². The zero-order chi connectivity index (χ0) is 17.1. The summed E-state index contributed by atoms with van der Waals surface area (Å²) in [5.41, 5.74) is 4.14. The lowest BCUT2D eigenvalue weighted by Crippen LogP contribution is -1.99. The second-order valence-corrected chi connectivity index (χ2v) is 8.75. The molecule has 4 aromatic rings. The van der Waals surface area contributed by atoms with Gasteiger partial charge in [-0.05, 0) is 69.6 Å². The predicted octanol–water partition coefficient (Wildman–Crippen LogP) is 8.10. The summed E-state index contributed by atoms with van der Waals surface area (Å²) in [5.74, 6) is 0. The van der Waals surface area contributed by atoms with Crippen molar-refractivity contribution in [1.29, 1.82) is 0 Å². The highest BCUT2D eigenvalue weighted by atomic mass is 79.9. The molecule has 0 spiro atoms. The Labute approximate surface area is 164 Å². The van der Waals surface area contributed by atoms with Crippen LogP contribution in [0.3, 0.4) is 0 Å². The normalized spacial score (nSPS) is 12.6. The molecule has 0 bridgehead atoms. The van der Waals surface area contributed by atoms with Crippen molar-refractivity contribution in [3.05, 3.63) is 69.7 Å². The van der Waals surface area contributed by atoms with Crippen molar-refractivity contribution in [3.63, 3.8) is 0 Å². The summed E-state index contributed by atoms with van der Waals surface area (Å²) in [4.78, 5) is 2.65. The van der Waals surface area contributed by atoms with Crippen molar-refractivity contribution >= 4 is 60.8 Å². The van der Waals surface area contributed by atoms with Gasteiger partial charge in [0.05, 0.1) is 0 Å². The number of fused-ring (bicyclic) bond motifs is 4. The molecule has 3 heteroatoms. The van der Waals surface area contributed by atoms with E-state index >= 15 is 0 Å². The quantitative estimate of drug-likeness (QED) is 0.244. The predicted molar refractivity (Wildman–Crippen MR) is 113 cm³/mol. The van der Waals surface area contributed by atoms with Gasteiger partial charge in [-0.25, -0.2) is 0 Å². The molecule has 4 aromatic carbocycles. The fourth-order valence-corrected chi connectivity index (χ4v) is 5.80. The van der Waals surface area contributed by atoms with Crippen LogP contribution in [0.1, 0.15) is 12.5 Å². The monoisotopic (exact) mass is 424 g/mol. The van der Waals surface area contributed by atoms with Gasteiger partial charge in [-0.2, -0.15) is 0 Å². The van der Waals surface area contributed by atoms with Crippen LogP contribution >= 0.6 is 39.3 Å². The van der Waals surface area contributed by atoms with Gasteiger partial charge >= 0.3 is 0 Å².